The molecule has 0 spiro atoms. The molecular formula is C13H26N2O. The van der Waals surface area contributed by atoms with E-state index in [0.717, 1.165) is 25.5 Å². The summed E-state index contributed by atoms with van der Waals surface area (Å²) in [6, 6.07) is 0. The number of hydrogen-bond acceptors (Lipinski definition) is 3. The van der Waals surface area contributed by atoms with Crippen LogP contribution in [0.5, 0.6) is 0 Å². The highest BCUT2D eigenvalue weighted by atomic mass is 16.5. The summed E-state index contributed by atoms with van der Waals surface area (Å²) < 4.78 is 5.65. The van der Waals surface area contributed by atoms with Crippen molar-refractivity contribution < 1.29 is 4.74 Å². The van der Waals surface area contributed by atoms with E-state index in [4.69, 9.17) is 4.74 Å². The highest BCUT2D eigenvalue weighted by Crippen LogP contribution is 2.26. The van der Waals surface area contributed by atoms with Gasteiger partial charge in [-0.25, -0.2) is 0 Å². The first-order valence-corrected chi connectivity index (χ1v) is 6.65. The number of piperidine rings is 1. The lowest BCUT2D eigenvalue weighted by Crippen LogP contribution is -2.50. The van der Waals surface area contributed by atoms with Gasteiger partial charge in [0, 0.05) is 12.1 Å². The number of likely N-dealkylation sites (tertiary alicyclic amines) is 1. The molecule has 2 fully saturated rings. The third-order valence-corrected chi connectivity index (χ3v) is 4.52. The van der Waals surface area contributed by atoms with Crippen LogP contribution in [0.25, 0.3) is 0 Å². The summed E-state index contributed by atoms with van der Waals surface area (Å²) >= 11 is 0. The van der Waals surface area contributed by atoms with Gasteiger partial charge in [-0.05, 0) is 65.7 Å². The van der Waals surface area contributed by atoms with Crippen molar-refractivity contribution in [2.24, 2.45) is 5.92 Å². The zero-order chi connectivity index (χ0) is 11.6. The average Bonchev–Trinajstić information content (AvgIpc) is 2.59. The van der Waals surface area contributed by atoms with Crippen LogP contribution in [0.1, 0.15) is 33.1 Å². The minimum Gasteiger partial charge on any atom is -0.377 e. The molecular weight excluding hydrogens is 200 g/mol. The van der Waals surface area contributed by atoms with Gasteiger partial charge in [0.2, 0.25) is 0 Å². The Morgan fingerprint density at radius 1 is 1.38 bits per heavy atom. The van der Waals surface area contributed by atoms with Gasteiger partial charge in [0.25, 0.3) is 0 Å². The van der Waals surface area contributed by atoms with Crippen LogP contribution in [-0.4, -0.2) is 49.8 Å². The topological polar surface area (TPSA) is 24.5 Å². The number of rotatable bonds is 3. The van der Waals surface area contributed by atoms with Crippen LogP contribution in [0.15, 0.2) is 0 Å². The van der Waals surface area contributed by atoms with Crippen molar-refractivity contribution in [3.63, 3.8) is 0 Å². The summed E-state index contributed by atoms with van der Waals surface area (Å²) in [6.45, 7) is 9.09. The zero-order valence-electron chi connectivity index (χ0n) is 11.0. The van der Waals surface area contributed by atoms with E-state index in [2.05, 4.69) is 31.1 Å². The van der Waals surface area contributed by atoms with E-state index < -0.39 is 0 Å². The second-order valence-electron chi connectivity index (χ2n) is 5.81. The average molecular weight is 226 g/mol. The van der Waals surface area contributed by atoms with Crippen molar-refractivity contribution in [1.29, 1.82) is 0 Å². The fraction of sp³-hybridized carbons (Fsp3) is 1.00. The second-order valence-corrected chi connectivity index (χ2v) is 5.81. The number of nitrogens with one attached hydrogen (secondary N) is 1. The largest absolute Gasteiger partial charge is 0.377 e. The van der Waals surface area contributed by atoms with Crippen molar-refractivity contribution in [2.75, 3.05) is 33.3 Å². The van der Waals surface area contributed by atoms with E-state index in [1.54, 1.807) is 0 Å². The first-order valence-electron chi connectivity index (χ1n) is 6.65. The second kappa shape index (κ2) is 5.03. The van der Waals surface area contributed by atoms with Crippen LogP contribution in [0.4, 0.5) is 0 Å². The quantitative estimate of drug-likeness (QED) is 0.789. The van der Waals surface area contributed by atoms with Crippen molar-refractivity contribution in [2.45, 2.75) is 44.8 Å². The molecule has 0 saturated carbocycles. The van der Waals surface area contributed by atoms with Gasteiger partial charge in [-0.3, -0.25) is 0 Å². The fourth-order valence-corrected chi connectivity index (χ4v) is 2.71. The van der Waals surface area contributed by atoms with Gasteiger partial charge < -0.3 is 15.0 Å². The third kappa shape index (κ3) is 2.76. The Balaban J connectivity index is 1.74. The zero-order valence-corrected chi connectivity index (χ0v) is 11.0. The van der Waals surface area contributed by atoms with E-state index >= 15 is 0 Å². The van der Waals surface area contributed by atoms with Gasteiger partial charge in [-0.2, -0.15) is 0 Å². The van der Waals surface area contributed by atoms with Gasteiger partial charge in [-0.1, -0.05) is 0 Å². The molecule has 2 atom stereocenters. The summed E-state index contributed by atoms with van der Waals surface area (Å²) in [5, 5.41) is 3.75. The predicted molar refractivity (Wildman–Crippen MR) is 66.7 cm³/mol. The highest BCUT2D eigenvalue weighted by Gasteiger charge is 2.36. The molecule has 2 saturated heterocycles. The number of ether oxygens (including phenoxy) is 1. The Hall–Kier alpha value is -0.120. The van der Waals surface area contributed by atoms with E-state index in [1.165, 1.54) is 25.9 Å². The third-order valence-electron chi connectivity index (χ3n) is 4.52. The Bertz CT molecular complexity index is 226. The van der Waals surface area contributed by atoms with Crippen LogP contribution < -0.4 is 5.32 Å². The molecule has 0 amide bonds. The van der Waals surface area contributed by atoms with Crippen LogP contribution in [0.2, 0.25) is 0 Å². The summed E-state index contributed by atoms with van der Waals surface area (Å²) in [7, 11) is 2.22. The molecule has 2 aliphatic rings. The maximum atomic E-state index is 5.65. The molecule has 0 aromatic rings. The fourth-order valence-electron chi connectivity index (χ4n) is 2.71. The summed E-state index contributed by atoms with van der Waals surface area (Å²) in [5.74, 6) is 0.862. The lowest BCUT2D eigenvalue weighted by atomic mass is 9.91. The van der Waals surface area contributed by atoms with Crippen molar-refractivity contribution in [3.8, 4) is 0 Å². The lowest BCUT2D eigenvalue weighted by Gasteiger charge is -2.34. The highest BCUT2D eigenvalue weighted by molar-refractivity contribution is 4.94. The van der Waals surface area contributed by atoms with E-state index in [-0.39, 0.29) is 5.54 Å². The van der Waals surface area contributed by atoms with Crippen LogP contribution in [0.3, 0.4) is 0 Å². The van der Waals surface area contributed by atoms with E-state index in [1.807, 2.05) is 0 Å². The maximum Gasteiger partial charge on any atom is 0.0726 e. The monoisotopic (exact) mass is 226 g/mol. The van der Waals surface area contributed by atoms with Gasteiger partial charge in [0.1, 0.15) is 0 Å². The van der Waals surface area contributed by atoms with Crippen LogP contribution >= 0.6 is 0 Å². The molecule has 0 bridgehead atoms. The molecule has 0 aliphatic carbocycles. The number of nitrogens with zero attached hydrogens (tertiary/aromatic N) is 1. The SMILES string of the molecule is CC1OCCC1(C)NCC1CCN(C)CC1. The molecule has 3 nitrogen and oxygen atoms in total. The minimum atomic E-state index is 0.212. The molecule has 0 radical (unpaired) electrons. The smallest absolute Gasteiger partial charge is 0.0726 e. The van der Waals surface area contributed by atoms with Gasteiger partial charge >= 0.3 is 0 Å². The molecule has 16 heavy (non-hydrogen) atoms. The Morgan fingerprint density at radius 3 is 2.62 bits per heavy atom. The molecule has 0 aromatic heterocycles. The van der Waals surface area contributed by atoms with Gasteiger partial charge in [0.15, 0.2) is 0 Å². The standard InChI is InChI=1S/C13H26N2O/c1-11-13(2,6-9-16-11)14-10-12-4-7-15(3)8-5-12/h11-12,14H,4-10H2,1-3H3. The van der Waals surface area contributed by atoms with E-state index in [9.17, 15) is 0 Å². The van der Waals surface area contributed by atoms with Crippen molar-refractivity contribution >= 4 is 0 Å². The van der Waals surface area contributed by atoms with Gasteiger partial charge in [0.05, 0.1) is 6.10 Å². The number of hydrogen-bond donors (Lipinski definition) is 1. The first kappa shape index (κ1) is 12.3. The van der Waals surface area contributed by atoms with Crippen molar-refractivity contribution in [1.82, 2.24) is 10.2 Å². The molecule has 2 rings (SSSR count). The predicted octanol–water partition coefficient (Wildman–Crippen LogP) is 1.49. The molecule has 0 aromatic carbocycles. The molecule has 3 heteroatoms. The summed E-state index contributed by atoms with van der Waals surface area (Å²) in [4.78, 5) is 2.43. The first-order chi connectivity index (χ1) is 7.60. The Kier molecular flexibility index (Phi) is 3.88. The maximum absolute atomic E-state index is 5.65. The molecule has 2 unspecified atom stereocenters. The summed E-state index contributed by atoms with van der Waals surface area (Å²) in [5.41, 5.74) is 0.212. The molecule has 94 valence electrons. The molecule has 1 N–H and O–H groups in total. The summed E-state index contributed by atoms with van der Waals surface area (Å²) in [6.07, 6.45) is 4.20. The minimum absolute atomic E-state index is 0.212. The molecule has 2 aliphatic heterocycles. The van der Waals surface area contributed by atoms with Crippen LogP contribution in [-0.2, 0) is 4.74 Å². The normalized spacial score (nSPS) is 38.1. The lowest BCUT2D eigenvalue weighted by molar-refractivity contribution is 0.0851. The Morgan fingerprint density at radius 2 is 2.06 bits per heavy atom. The van der Waals surface area contributed by atoms with Crippen molar-refractivity contribution in [3.05, 3.63) is 0 Å². The van der Waals surface area contributed by atoms with E-state index in [0.29, 0.717) is 6.10 Å². The molecule has 2 heterocycles. The van der Waals surface area contributed by atoms with Gasteiger partial charge in [-0.15, -0.1) is 0 Å². The Labute approximate surface area is 99.5 Å². The van der Waals surface area contributed by atoms with Crippen LogP contribution in [0, 0.1) is 5.92 Å².